The molecule has 8 nitrogen and oxygen atoms in total. The lowest BCUT2D eigenvalue weighted by Crippen LogP contribution is -2.41. The van der Waals surface area contributed by atoms with Gasteiger partial charge in [0.25, 0.3) is 5.91 Å². The summed E-state index contributed by atoms with van der Waals surface area (Å²) in [7, 11) is 0. The summed E-state index contributed by atoms with van der Waals surface area (Å²) < 4.78 is 5.48. The minimum Gasteiger partial charge on any atom is -0.439 e. The summed E-state index contributed by atoms with van der Waals surface area (Å²) in [6.07, 6.45) is 0. The maximum atomic E-state index is 12.9. The lowest BCUT2D eigenvalue weighted by Gasteiger charge is -2.28. The second-order valence-corrected chi connectivity index (χ2v) is 9.50. The number of hydrazine groups is 2. The number of hydrogen-bond acceptors (Lipinski definition) is 6. The topological polar surface area (TPSA) is 82.2 Å². The number of anilines is 2. The first kappa shape index (κ1) is 21.7. The van der Waals surface area contributed by atoms with Crippen LogP contribution >= 0.6 is 0 Å². The van der Waals surface area contributed by atoms with Gasteiger partial charge in [0, 0.05) is 0 Å². The lowest BCUT2D eigenvalue weighted by atomic mass is 9.94. The third kappa shape index (κ3) is 4.00. The van der Waals surface area contributed by atoms with Gasteiger partial charge in [0.15, 0.2) is 6.73 Å². The fourth-order valence-electron chi connectivity index (χ4n) is 3.86. The quantitative estimate of drug-likeness (QED) is 0.726. The number of nitrogens with one attached hydrogen (secondary N) is 1. The normalized spacial score (nSPS) is 19.3. The molecule has 4 rings (SSSR count). The van der Waals surface area contributed by atoms with E-state index in [1.165, 1.54) is 5.01 Å². The first-order valence-electron chi connectivity index (χ1n) is 10.6. The van der Waals surface area contributed by atoms with Crippen LogP contribution in [0.3, 0.4) is 0 Å². The zero-order valence-corrected chi connectivity index (χ0v) is 18.8. The third-order valence-electron chi connectivity index (χ3n) is 5.84. The van der Waals surface area contributed by atoms with Crippen LogP contribution in [-0.4, -0.2) is 42.6 Å². The minimum absolute atomic E-state index is 0.0397. The second-order valence-electron chi connectivity index (χ2n) is 9.50. The Morgan fingerprint density at radius 2 is 1.56 bits per heavy atom. The summed E-state index contributed by atoms with van der Waals surface area (Å²) in [6.45, 7) is 8.39. The average molecular weight is 437 g/mol. The SMILES string of the molecule is CC1(C)CN(c2ccc(C(=O)OCN3C(=O)C(C)(C)CN3c3ccccc3)cc2)NC1=O. The van der Waals surface area contributed by atoms with Crippen LogP contribution in [0.5, 0.6) is 0 Å². The molecule has 2 aromatic rings. The average Bonchev–Trinajstić information content (AvgIpc) is 3.18. The van der Waals surface area contributed by atoms with Crippen molar-refractivity contribution in [3.05, 3.63) is 60.2 Å². The number of para-hydroxylation sites is 1. The van der Waals surface area contributed by atoms with Crippen LogP contribution in [0.4, 0.5) is 11.4 Å². The van der Waals surface area contributed by atoms with Crippen molar-refractivity contribution >= 4 is 29.2 Å². The summed E-state index contributed by atoms with van der Waals surface area (Å²) in [5.41, 5.74) is 3.79. The Hall–Kier alpha value is -3.55. The molecule has 0 spiro atoms. The standard InChI is InChI=1S/C24H28N4O4/c1-23(2)14-26(25-21(23)30)18-12-10-17(11-13-18)20(29)32-16-28-22(31)24(3,4)15-27(28)19-8-6-5-7-9-19/h5-13H,14-16H2,1-4H3,(H,25,30). The van der Waals surface area contributed by atoms with Gasteiger partial charge in [0.2, 0.25) is 5.91 Å². The number of benzene rings is 2. The molecule has 2 heterocycles. The lowest BCUT2D eigenvalue weighted by molar-refractivity contribution is -0.138. The van der Waals surface area contributed by atoms with Gasteiger partial charge in [-0.05, 0) is 64.1 Å². The second kappa shape index (κ2) is 7.85. The Labute approximate surface area is 187 Å². The van der Waals surface area contributed by atoms with Crippen LogP contribution in [0.25, 0.3) is 0 Å². The molecule has 1 N–H and O–H groups in total. The number of ether oxygens (including phenoxy) is 1. The molecule has 2 aliphatic rings. The van der Waals surface area contributed by atoms with Gasteiger partial charge in [0.1, 0.15) is 0 Å². The van der Waals surface area contributed by atoms with E-state index in [0.29, 0.717) is 18.7 Å². The van der Waals surface area contributed by atoms with Crippen molar-refractivity contribution in [2.75, 3.05) is 29.8 Å². The van der Waals surface area contributed by atoms with Crippen LogP contribution in [0.1, 0.15) is 38.1 Å². The number of carbonyl (C=O) groups excluding carboxylic acids is 3. The van der Waals surface area contributed by atoms with Crippen molar-refractivity contribution in [2.24, 2.45) is 10.8 Å². The van der Waals surface area contributed by atoms with Gasteiger partial charge < -0.3 is 4.74 Å². The van der Waals surface area contributed by atoms with Gasteiger partial charge in [-0.25, -0.2) is 9.80 Å². The minimum atomic E-state index is -0.585. The van der Waals surface area contributed by atoms with Gasteiger partial charge in [-0.1, -0.05) is 18.2 Å². The Bertz CT molecular complexity index is 1030. The Morgan fingerprint density at radius 3 is 2.16 bits per heavy atom. The number of amides is 2. The van der Waals surface area contributed by atoms with E-state index in [2.05, 4.69) is 5.43 Å². The maximum absolute atomic E-state index is 12.9. The molecule has 2 amide bonds. The molecule has 0 aliphatic carbocycles. The molecule has 2 aromatic carbocycles. The number of hydrogen-bond donors (Lipinski definition) is 1. The predicted molar refractivity (Wildman–Crippen MR) is 120 cm³/mol. The predicted octanol–water partition coefficient (Wildman–Crippen LogP) is 2.97. The maximum Gasteiger partial charge on any atom is 0.339 e. The highest BCUT2D eigenvalue weighted by molar-refractivity contribution is 5.91. The molecular formula is C24H28N4O4. The van der Waals surface area contributed by atoms with E-state index in [-0.39, 0.29) is 18.5 Å². The van der Waals surface area contributed by atoms with Gasteiger partial charge in [-0.15, -0.1) is 0 Å². The van der Waals surface area contributed by atoms with E-state index < -0.39 is 16.8 Å². The summed E-state index contributed by atoms with van der Waals surface area (Å²) in [4.78, 5) is 37.5. The van der Waals surface area contributed by atoms with E-state index in [9.17, 15) is 14.4 Å². The highest BCUT2D eigenvalue weighted by Crippen LogP contribution is 2.33. The molecule has 0 aromatic heterocycles. The first-order chi connectivity index (χ1) is 15.1. The number of carbonyl (C=O) groups is 3. The third-order valence-corrected chi connectivity index (χ3v) is 5.84. The number of rotatable bonds is 5. The van der Waals surface area contributed by atoms with Crippen LogP contribution in [0, 0.1) is 10.8 Å². The Balaban J connectivity index is 1.42. The molecule has 2 aliphatic heterocycles. The Kier molecular flexibility index (Phi) is 5.32. The number of nitrogens with zero attached hydrogens (tertiary/aromatic N) is 3. The summed E-state index contributed by atoms with van der Waals surface area (Å²) in [6, 6.07) is 16.4. The smallest absolute Gasteiger partial charge is 0.339 e. The van der Waals surface area contributed by atoms with Crippen molar-refractivity contribution in [1.29, 1.82) is 0 Å². The van der Waals surface area contributed by atoms with Crippen LogP contribution in [-0.2, 0) is 14.3 Å². The first-order valence-corrected chi connectivity index (χ1v) is 10.6. The monoisotopic (exact) mass is 436 g/mol. The van der Waals surface area contributed by atoms with E-state index in [1.807, 2.05) is 63.0 Å². The molecule has 2 saturated heterocycles. The molecule has 2 fully saturated rings. The van der Waals surface area contributed by atoms with Crippen LogP contribution in [0.2, 0.25) is 0 Å². The largest absolute Gasteiger partial charge is 0.439 e. The zero-order chi connectivity index (χ0) is 23.1. The van der Waals surface area contributed by atoms with E-state index in [0.717, 1.165) is 11.4 Å². The molecule has 168 valence electrons. The van der Waals surface area contributed by atoms with Crippen molar-refractivity contribution in [3.63, 3.8) is 0 Å². The highest BCUT2D eigenvalue weighted by atomic mass is 16.5. The Morgan fingerprint density at radius 1 is 0.906 bits per heavy atom. The molecule has 8 heteroatoms. The van der Waals surface area contributed by atoms with Crippen LogP contribution < -0.4 is 15.4 Å². The summed E-state index contributed by atoms with van der Waals surface area (Å²) >= 11 is 0. The summed E-state index contributed by atoms with van der Waals surface area (Å²) in [5.74, 6) is -0.660. The highest BCUT2D eigenvalue weighted by Gasteiger charge is 2.45. The van der Waals surface area contributed by atoms with Crippen LogP contribution in [0.15, 0.2) is 54.6 Å². The molecule has 32 heavy (non-hydrogen) atoms. The molecule has 0 atom stereocenters. The van der Waals surface area contributed by atoms with E-state index in [1.54, 1.807) is 29.3 Å². The van der Waals surface area contributed by atoms with Crippen molar-refractivity contribution < 1.29 is 19.1 Å². The zero-order valence-electron chi connectivity index (χ0n) is 18.8. The van der Waals surface area contributed by atoms with Crippen molar-refractivity contribution in [2.45, 2.75) is 27.7 Å². The van der Waals surface area contributed by atoms with Gasteiger partial charge in [-0.2, -0.15) is 0 Å². The van der Waals surface area contributed by atoms with Crippen molar-refractivity contribution in [3.8, 4) is 0 Å². The number of esters is 1. The van der Waals surface area contributed by atoms with E-state index in [4.69, 9.17) is 4.74 Å². The fourth-order valence-corrected chi connectivity index (χ4v) is 3.86. The molecule has 0 radical (unpaired) electrons. The van der Waals surface area contributed by atoms with Crippen molar-refractivity contribution in [1.82, 2.24) is 10.4 Å². The fraction of sp³-hybridized carbons (Fsp3) is 0.375. The molecule has 0 saturated carbocycles. The molecule has 0 unspecified atom stereocenters. The molecule has 0 bridgehead atoms. The molecular weight excluding hydrogens is 408 g/mol. The summed E-state index contributed by atoms with van der Waals surface area (Å²) in [5, 5.41) is 5.08. The van der Waals surface area contributed by atoms with Gasteiger partial charge >= 0.3 is 5.97 Å². The van der Waals surface area contributed by atoms with Gasteiger partial charge in [-0.3, -0.25) is 25.0 Å². The van der Waals surface area contributed by atoms with E-state index >= 15 is 0 Å². The van der Waals surface area contributed by atoms with Gasteiger partial charge in [0.05, 0.1) is 40.9 Å².